The van der Waals surface area contributed by atoms with Gasteiger partial charge in [-0.1, -0.05) is 36.4 Å². The number of nitrogens with one attached hydrogen (secondary N) is 1. The van der Waals surface area contributed by atoms with Gasteiger partial charge >= 0.3 is 0 Å². The number of hydrogen-bond donors (Lipinski definition) is 2. The molecule has 106 valence electrons. The van der Waals surface area contributed by atoms with E-state index in [4.69, 9.17) is 0 Å². The Morgan fingerprint density at radius 2 is 1.81 bits per heavy atom. The lowest BCUT2D eigenvalue weighted by Gasteiger charge is -2.17. The number of phenols is 1. The molecule has 2 aromatic carbocycles. The van der Waals surface area contributed by atoms with E-state index in [-0.39, 0.29) is 6.04 Å². The molecule has 3 heteroatoms. The van der Waals surface area contributed by atoms with Crippen molar-refractivity contribution in [2.24, 2.45) is 0 Å². The minimum atomic E-state index is 0.139. The Kier molecular flexibility index (Phi) is 3.84. The van der Waals surface area contributed by atoms with Crippen LogP contribution in [0.15, 0.2) is 60.8 Å². The van der Waals surface area contributed by atoms with Gasteiger partial charge in [-0.2, -0.15) is 0 Å². The number of rotatable bonds is 4. The predicted molar refractivity (Wildman–Crippen MR) is 85.4 cm³/mol. The molecule has 1 heterocycles. The third-order valence-electron chi connectivity index (χ3n) is 3.76. The van der Waals surface area contributed by atoms with Crippen LogP contribution in [0.1, 0.15) is 17.3 Å². The zero-order valence-corrected chi connectivity index (χ0v) is 12.0. The van der Waals surface area contributed by atoms with E-state index in [9.17, 15) is 5.11 Å². The summed E-state index contributed by atoms with van der Waals surface area (Å²) in [6.45, 7) is 0. The van der Waals surface area contributed by atoms with Crippen molar-refractivity contribution in [1.82, 2.24) is 10.3 Å². The maximum absolute atomic E-state index is 9.38. The van der Waals surface area contributed by atoms with Crippen LogP contribution in [0, 0.1) is 0 Å². The molecule has 0 saturated carbocycles. The minimum Gasteiger partial charge on any atom is -0.508 e. The maximum atomic E-state index is 9.38. The van der Waals surface area contributed by atoms with Crippen LogP contribution in [0.25, 0.3) is 10.8 Å². The number of benzene rings is 2. The number of fused-ring (bicyclic) bond motifs is 1. The molecule has 0 aliphatic carbocycles. The van der Waals surface area contributed by atoms with Gasteiger partial charge in [-0.05, 0) is 42.6 Å². The van der Waals surface area contributed by atoms with Crippen molar-refractivity contribution < 1.29 is 5.11 Å². The number of phenolic OH excluding ortho intramolecular Hbond substituents is 1. The summed E-state index contributed by atoms with van der Waals surface area (Å²) in [6.07, 6.45) is 2.69. The van der Waals surface area contributed by atoms with Crippen LogP contribution in [-0.2, 0) is 6.42 Å². The Balaban J connectivity index is 1.96. The molecular formula is C18H18N2O. The molecule has 0 spiro atoms. The standard InChI is InChI=1S/C18H18N2O/c1-19-17(12-13-6-8-15(21)9-7-13)18-16-5-3-2-4-14(16)10-11-20-18/h2-11,17,19,21H,12H2,1H3. The second-order valence-electron chi connectivity index (χ2n) is 5.13. The summed E-state index contributed by atoms with van der Waals surface area (Å²) in [6, 6.07) is 17.8. The lowest BCUT2D eigenvalue weighted by molar-refractivity contribution is 0.474. The minimum absolute atomic E-state index is 0.139. The fraction of sp³-hybridized carbons (Fsp3) is 0.167. The van der Waals surface area contributed by atoms with Crippen molar-refractivity contribution in [3.8, 4) is 5.75 Å². The summed E-state index contributed by atoms with van der Waals surface area (Å²) < 4.78 is 0. The summed E-state index contributed by atoms with van der Waals surface area (Å²) >= 11 is 0. The summed E-state index contributed by atoms with van der Waals surface area (Å²) in [5, 5.41) is 15.1. The predicted octanol–water partition coefficient (Wildman–Crippen LogP) is 3.44. The van der Waals surface area contributed by atoms with Gasteiger partial charge in [0.2, 0.25) is 0 Å². The number of nitrogens with zero attached hydrogens (tertiary/aromatic N) is 1. The lowest BCUT2D eigenvalue weighted by Crippen LogP contribution is -2.20. The fourth-order valence-corrected chi connectivity index (χ4v) is 2.62. The van der Waals surface area contributed by atoms with E-state index in [1.54, 1.807) is 12.1 Å². The van der Waals surface area contributed by atoms with E-state index in [0.29, 0.717) is 5.75 Å². The monoisotopic (exact) mass is 278 g/mol. The number of likely N-dealkylation sites (N-methyl/N-ethyl adjacent to an activating group) is 1. The number of pyridine rings is 1. The molecule has 21 heavy (non-hydrogen) atoms. The normalized spacial score (nSPS) is 12.4. The summed E-state index contributed by atoms with van der Waals surface area (Å²) in [5.74, 6) is 0.294. The van der Waals surface area contributed by atoms with Gasteiger partial charge in [-0.25, -0.2) is 0 Å². The number of hydrogen-bond acceptors (Lipinski definition) is 3. The first kappa shape index (κ1) is 13.6. The summed E-state index contributed by atoms with van der Waals surface area (Å²) in [7, 11) is 1.95. The first-order valence-corrected chi connectivity index (χ1v) is 7.07. The van der Waals surface area contributed by atoms with Crippen molar-refractivity contribution in [3.63, 3.8) is 0 Å². The summed E-state index contributed by atoms with van der Waals surface area (Å²) in [5.41, 5.74) is 2.23. The van der Waals surface area contributed by atoms with E-state index in [1.165, 1.54) is 16.3 Å². The van der Waals surface area contributed by atoms with Gasteiger partial charge in [0.05, 0.1) is 11.7 Å². The largest absolute Gasteiger partial charge is 0.508 e. The molecule has 0 aliphatic heterocycles. The molecule has 1 aromatic heterocycles. The quantitative estimate of drug-likeness (QED) is 0.768. The highest BCUT2D eigenvalue weighted by Crippen LogP contribution is 2.25. The molecule has 0 saturated heterocycles. The van der Waals surface area contributed by atoms with Crippen LogP contribution in [-0.4, -0.2) is 17.1 Å². The van der Waals surface area contributed by atoms with E-state index in [1.807, 2.05) is 43.6 Å². The van der Waals surface area contributed by atoms with Crippen molar-refractivity contribution in [2.45, 2.75) is 12.5 Å². The van der Waals surface area contributed by atoms with E-state index >= 15 is 0 Å². The van der Waals surface area contributed by atoms with Crippen LogP contribution >= 0.6 is 0 Å². The molecule has 1 atom stereocenters. The molecule has 0 amide bonds. The van der Waals surface area contributed by atoms with Gasteiger partial charge in [-0.15, -0.1) is 0 Å². The highest BCUT2D eigenvalue weighted by Gasteiger charge is 2.14. The molecule has 0 bridgehead atoms. The molecule has 3 aromatic rings. The van der Waals surface area contributed by atoms with E-state index in [2.05, 4.69) is 22.4 Å². The Morgan fingerprint density at radius 1 is 1.05 bits per heavy atom. The smallest absolute Gasteiger partial charge is 0.115 e. The Bertz CT molecular complexity index is 732. The molecule has 3 nitrogen and oxygen atoms in total. The van der Waals surface area contributed by atoms with Gasteiger partial charge in [0.1, 0.15) is 5.75 Å². The number of aromatic hydroxyl groups is 1. The van der Waals surface area contributed by atoms with Gasteiger partial charge < -0.3 is 10.4 Å². The maximum Gasteiger partial charge on any atom is 0.115 e. The zero-order chi connectivity index (χ0) is 14.7. The van der Waals surface area contributed by atoms with Crippen LogP contribution in [0.5, 0.6) is 5.75 Å². The molecule has 3 rings (SSSR count). The topological polar surface area (TPSA) is 45.1 Å². The molecule has 0 fully saturated rings. The van der Waals surface area contributed by atoms with E-state index in [0.717, 1.165) is 12.1 Å². The van der Waals surface area contributed by atoms with Crippen molar-refractivity contribution >= 4 is 10.8 Å². The van der Waals surface area contributed by atoms with Crippen LogP contribution in [0.4, 0.5) is 0 Å². The highest BCUT2D eigenvalue weighted by atomic mass is 16.3. The van der Waals surface area contributed by atoms with Crippen molar-refractivity contribution in [2.75, 3.05) is 7.05 Å². The van der Waals surface area contributed by atoms with Gasteiger partial charge in [0.15, 0.2) is 0 Å². The Labute approximate surface area is 124 Å². The second kappa shape index (κ2) is 5.94. The van der Waals surface area contributed by atoms with Gasteiger partial charge in [-0.3, -0.25) is 4.98 Å². The van der Waals surface area contributed by atoms with Crippen molar-refractivity contribution in [1.29, 1.82) is 0 Å². The average molecular weight is 278 g/mol. The molecule has 0 radical (unpaired) electrons. The van der Waals surface area contributed by atoms with Gasteiger partial charge in [0.25, 0.3) is 0 Å². The van der Waals surface area contributed by atoms with Crippen LogP contribution in [0.2, 0.25) is 0 Å². The Hall–Kier alpha value is -2.39. The van der Waals surface area contributed by atoms with Gasteiger partial charge in [0, 0.05) is 11.6 Å². The van der Waals surface area contributed by atoms with E-state index < -0.39 is 0 Å². The highest BCUT2D eigenvalue weighted by molar-refractivity contribution is 5.84. The second-order valence-corrected chi connectivity index (χ2v) is 5.13. The Morgan fingerprint density at radius 3 is 2.57 bits per heavy atom. The molecule has 2 N–H and O–H groups in total. The lowest BCUT2D eigenvalue weighted by atomic mass is 9.99. The summed E-state index contributed by atoms with van der Waals surface area (Å²) in [4.78, 5) is 4.58. The molecule has 1 unspecified atom stereocenters. The average Bonchev–Trinajstić information content (AvgIpc) is 2.54. The third-order valence-corrected chi connectivity index (χ3v) is 3.76. The van der Waals surface area contributed by atoms with Crippen LogP contribution < -0.4 is 5.32 Å². The molecule has 0 aliphatic rings. The first-order chi connectivity index (χ1) is 10.3. The van der Waals surface area contributed by atoms with Crippen LogP contribution in [0.3, 0.4) is 0 Å². The third kappa shape index (κ3) is 2.88. The SMILES string of the molecule is CNC(Cc1ccc(O)cc1)c1nccc2ccccc12. The zero-order valence-electron chi connectivity index (χ0n) is 12.0. The first-order valence-electron chi connectivity index (χ1n) is 7.07. The molecular weight excluding hydrogens is 260 g/mol. The van der Waals surface area contributed by atoms with Crippen molar-refractivity contribution in [3.05, 3.63) is 72.1 Å². The fourth-order valence-electron chi connectivity index (χ4n) is 2.62. The number of aromatic nitrogens is 1.